The lowest BCUT2D eigenvalue weighted by Crippen LogP contribution is -2.22. The number of nitrogens with one attached hydrogen (secondary N) is 1. The van der Waals surface area contributed by atoms with Gasteiger partial charge in [-0.1, -0.05) is 31.2 Å². The molecule has 0 aromatic heterocycles. The Labute approximate surface area is 142 Å². The van der Waals surface area contributed by atoms with Crippen LogP contribution in [0.25, 0.3) is 0 Å². The summed E-state index contributed by atoms with van der Waals surface area (Å²) < 4.78 is 2.57. The molecule has 2 aromatic carbocycles. The molecule has 2 rings (SSSR count). The maximum Gasteiger partial charge on any atom is 0.0360 e. The second-order valence-electron chi connectivity index (χ2n) is 4.49. The van der Waals surface area contributed by atoms with E-state index in [-0.39, 0.29) is 0 Å². The van der Waals surface area contributed by atoms with Gasteiger partial charge in [0, 0.05) is 13.2 Å². The molecule has 19 heavy (non-hydrogen) atoms. The van der Waals surface area contributed by atoms with Crippen molar-refractivity contribution >= 4 is 45.2 Å². The molecule has 1 atom stereocenters. The zero-order valence-electron chi connectivity index (χ0n) is 10.9. The van der Waals surface area contributed by atoms with Crippen LogP contribution < -0.4 is 5.32 Å². The number of likely N-dealkylation sites (N-methyl/N-ethyl adjacent to an activating group) is 1. The lowest BCUT2D eigenvalue weighted by Gasteiger charge is -2.18. The van der Waals surface area contributed by atoms with Gasteiger partial charge in [-0.15, -0.1) is 0 Å². The fraction of sp³-hybridized carbons (Fsp3) is 0.250. The van der Waals surface area contributed by atoms with Gasteiger partial charge in [0.1, 0.15) is 0 Å². The van der Waals surface area contributed by atoms with Gasteiger partial charge >= 0.3 is 0 Å². The average molecular weight is 477 g/mol. The summed E-state index contributed by atoms with van der Waals surface area (Å²) in [5, 5.41) is 3.58. The molecule has 0 aliphatic carbocycles. The molecule has 0 spiro atoms. The molecule has 0 aliphatic heterocycles. The fourth-order valence-electron chi connectivity index (χ4n) is 2.11. The molecule has 0 fully saturated rings. The highest BCUT2D eigenvalue weighted by molar-refractivity contribution is 14.1. The molecule has 1 nitrogen and oxygen atoms in total. The summed E-state index contributed by atoms with van der Waals surface area (Å²) in [6.45, 7) is 3.15. The number of halogens is 2. The maximum atomic E-state index is 3.58. The van der Waals surface area contributed by atoms with Gasteiger partial charge in [-0.2, -0.15) is 0 Å². The van der Waals surface area contributed by atoms with Gasteiger partial charge in [0.15, 0.2) is 0 Å². The van der Waals surface area contributed by atoms with Crippen LogP contribution in [0.2, 0.25) is 0 Å². The zero-order valence-corrected chi connectivity index (χ0v) is 15.2. The Morgan fingerprint density at radius 3 is 1.95 bits per heavy atom. The van der Waals surface area contributed by atoms with Gasteiger partial charge in [-0.25, -0.2) is 0 Å². The van der Waals surface area contributed by atoms with Crippen molar-refractivity contribution in [2.24, 2.45) is 0 Å². The van der Waals surface area contributed by atoms with Crippen LogP contribution in [0.4, 0.5) is 0 Å². The lowest BCUT2D eigenvalue weighted by molar-refractivity contribution is 0.550. The third-order valence-corrected chi connectivity index (χ3v) is 4.51. The largest absolute Gasteiger partial charge is 0.310 e. The summed E-state index contributed by atoms with van der Waals surface area (Å²) in [5.41, 5.74) is 2.74. The van der Waals surface area contributed by atoms with Crippen LogP contribution in [0.1, 0.15) is 24.1 Å². The summed E-state index contributed by atoms with van der Waals surface area (Å²) in [7, 11) is 0. The third kappa shape index (κ3) is 4.72. The minimum atomic E-state index is 0.391. The van der Waals surface area contributed by atoms with Gasteiger partial charge < -0.3 is 5.32 Å². The third-order valence-electron chi connectivity index (χ3n) is 3.08. The zero-order chi connectivity index (χ0) is 13.7. The summed E-state index contributed by atoms with van der Waals surface area (Å²) >= 11 is 4.69. The van der Waals surface area contributed by atoms with Gasteiger partial charge in [0.25, 0.3) is 0 Å². The van der Waals surface area contributed by atoms with Gasteiger partial charge in [-0.05, 0) is 93.5 Å². The molecular formula is C16H17I2N. The van der Waals surface area contributed by atoms with Crippen molar-refractivity contribution < 1.29 is 0 Å². The van der Waals surface area contributed by atoms with Crippen LogP contribution in [-0.4, -0.2) is 6.54 Å². The highest BCUT2D eigenvalue weighted by Crippen LogP contribution is 2.20. The Morgan fingerprint density at radius 2 is 1.42 bits per heavy atom. The highest BCUT2D eigenvalue weighted by Gasteiger charge is 2.10. The summed E-state index contributed by atoms with van der Waals surface area (Å²) in [4.78, 5) is 0. The SMILES string of the molecule is CCNC(Cc1ccc(I)cc1)c1ccc(I)cc1. The van der Waals surface area contributed by atoms with E-state index >= 15 is 0 Å². The molecule has 3 heteroatoms. The molecule has 2 aromatic rings. The van der Waals surface area contributed by atoms with Gasteiger partial charge in [0.05, 0.1) is 0 Å². The number of benzene rings is 2. The maximum absolute atomic E-state index is 3.58. The minimum Gasteiger partial charge on any atom is -0.310 e. The Balaban J connectivity index is 2.15. The van der Waals surface area contributed by atoms with Crippen LogP contribution in [0.15, 0.2) is 48.5 Å². The molecule has 0 radical (unpaired) electrons. The molecule has 100 valence electrons. The molecule has 1 N–H and O–H groups in total. The van der Waals surface area contributed by atoms with Crippen molar-refractivity contribution in [2.75, 3.05) is 6.54 Å². The minimum absolute atomic E-state index is 0.391. The highest BCUT2D eigenvalue weighted by atomic mass is 127. The Hall–Kier alpha value is -0.140. The topological polar surface area (TPSA) is 12.0 Å². The lowest BCUT2D eigenvalue weighted by atomic mass is 9.99. The van der Waals surface area contributed by atoms with Crippen molar-refractivity contribution in [1.29, 1.82) is 0 Å². The normalized spacial score (nSPS) is 12.4. The summed E-state index contributed by atoms with van der Waals surface area (Å²) in [6, 6.07) is 18.0. The van der Waals surface area contributed by atoms with Crippen LogP contribution in [0, 0.1) is 7.14 Å². The van der Waals surface area contributed by atoms with E-state index in [4.69, 9.17) is 0 Å². The average Bonchev–Trinajstić information content (AvgIpc) is 2.42. The molecule has 0 amide bonds. The van der Waals surface area contributed by atoms with Crippen LogP contribution in [-0.2, 0) is 6.42 Å². The molecule has 0 saturated heterocycles. The predicted molar refractivity (Wildman–Crippen MR) is 98.4 cm³/mol. The molecular weight excluding hydrogens is 460 g/mol. The predicted octanol–water partition coefficient (Wildman–Crippen LogP) is 4.79. The smallest absolute Gasteiger partial charge is 0.0360 e. The quantitative estimate of drug-likeness (QED) is 0.612. The van der Waals surface area contributed by atoms with Crippen molar-refractivity contribution in [3.05, 3.63) is 66.8 Å². The molecule has 1 unspecified atom stereocenters. The number of hydrogen-bond donors (Lipinski definition) is 1. The van der Waals surface area contributed by atoms with E-state index in [1.807, 2.05) is 0 Å². The van der Waals surface area contributed by atoms with E-state index < -0.39 is 0 Å². The van der Waals surface area contributed by atoms with E-state index in [1.54, 1.807) is 0 Å². The van der Waals surface area contributed by atoms with E-state index in [0.29, 0.717) is 6.04 Å². The van der Waals surface area contributed by atoms with E-state index in [9.17, 15) is 0 Å². The summed E-state index contributed by atoms with van der Waals surface area (Å²) in [5.74, 6) is 0. The van der Waals surface area contributed by atoms with Crippen LogP contribution >= 0.6 is 45.2 Å². The molecule has 0 heterocycles. The molecule has 0 saturated carbocycles. The van der Waals surface area contributed by atoms with E-state index in [0.717, 1.165) is 13.0 Å². The molecule has 0 aliphatic rings. The Kier molecular flexibility index (Phi) is 6.09. The first-order valence-electron chi connectivity index (χ1n) is 6.42. The first-order chi connectivity index (χ1) is 9.19. The standard InChI is InChI=1S/C16H17I2N/c1-2-19-16(13-5-9-15(18)10-6-13)11-12-3-7-14(17)8-4-12/h3-10,16,19H,2,11H2,1H3. The van der Waals surface area contributed by atoms with Gasteiger partial charge in [0.2, 0.25) is 0 Å². The van der Waals surface area contributed by atoms with Crippen molar-refractivity contribution in [1.82, 2.24) is 5.32 Å². The van der Waals surface area contributed by atoms with Crippen molar-refractivity contribution in [3.8, 4) is 0 Å². The van der Waals surface area contributed by atoms with E-state index in [1.165, 1.54) is 18.3 Å². The number of hydrogen-bond acceptors (Lipinski definition) is 1. The summed E-state index contributed by atoms with van der Waals surface area (Å²) in [6.07, 6.45) is 1.03. The second-order valence-corrected chi connectivity index (χ2v) is 6.98. The molecule has 0 bridgehead atoms. The fourth-order valence-corrected chi connectivity index (χ4v) is 2.82. The van der Waals surface area contributed by atoms with Crippen molar-refractivity contribution in [2.45, 2.75) is 19.4 Å². The Bertz CT molecular complexity index is 505. The monoisotopic (exact) mass is 477 g/mol. The number of rotatable bonds is 5. The van der Waals surface area contributed by atoms with E-state index in [2.05, 4.69) is 106 Å². The Morgan fingerprint density at radius 1 is 0.895 bits per heavy atom. The van der Waals surface area contributed by atoms with Crippen LogP contribution in [0.5, 0.6) is 0 Å². The first-order valence-corrected chi connectivity index (χ1v) is 8.58. The van der Waals surface area contributed by atoms with Crippen molar-refractivity contribution in [3.63, 3.8) is 0 Å². The first kappa shape index (κ1) is 15.3. The van der Waals surface area contributed by atoms with Gasteiger partial charge in [-0.3, -0.25) is 0 Å². The second kappa shape index (κ2) is 7.59. The van der Waals surface area contributed by atoms with Crippen LogP contribution in [0.3, 0.4) is 0 Å².